The lowest BCUT2D eigenvalue weighted by atomic mass is 10.0. The summed E-state index contributed by atoms with van der Waals surface area (Å²) >= 11 is 0. The molecule has 2 N–H and O–H groups in total. The van der Waals surface area contributed by atoms with Gasteiger partial charge in [-0.15, -0.1) is 0 Å². The van der Waals surface area contributed by atoms with Crippen LogP contribution in [0.15, 0.2) is 30.3 Å². The number of hydrogen-bond donors (Lipinski definition) is 2. The number of carbonyl (C=O) groups is 2. The average Bonchev–Trinajstić information content (AvgIpc) is 2.61. The Balaban J connectivity index is 2.43. The summed E-state index contributed by atoms with van der Waals surface area (Å²) in [5, 5.41) is 12.0. The van der Waals surface area contributed by atoms with E-state index in [2.05, 4.69) is 5.32 Å². The van der Waals surface area contributed by atoms with Crippen molar-refractivity contribution in [2.75, 3.05) is 19.5 Å². The molecule has 0 aliphatic rings. The molecular weight excluding hydrogens is 322 g/mol. The molecule has 0 radical (unpaired) electrons. The fourth-order valence-electron chi connectivity index (χ4n) is 2.67. The summed E-state index contributed by atoms with van der Waals surface area (Å²) in [6.07, 6.45) is 0.852. The second-order valence-electron chi connectivity index (χ2n) is 5.48. The summed E-state index contributed by atoms with van der Waals surface area (Å²) in [7, 11) is 2.87. The van der Waals surface area contributed by atoms with Gasteiger partial charge in [0.25, 0.3) is 5.91 Å². The van der Waals surface area contributed by atoms with E-state index in [0.29, 0.717) is 11.4 Å². The van der Waals surface area contributed by atoms with Crippen molar-refractivity contribution in [3.63, 3.8) is 0 Å². The topological polar surface area (TPSA) is 84.9 Å². The van der Waals surface area contributed by atoms with Crippen LogP contribution in [0.1, 0.15) is 38.8 Å². The van der Waals surface area contributed by atoms with E-state index in [1.807, 2.05) is 26.0 Å². The zero-order valence-corrected chi connectivity index (χ0v) is 14.7. The molecule has 6 nitrogen and oxygen atoms in total. The minimum Gasteiger partial charge on any atom is -0.495 e. The SMILES string of the molecule is CCc1cc(OC)c(NC(=O)c2cccc(C(=O)O)c2OC)cc1C. The molecule has 0 aliphatic heterocycles. The summed E-state index contributed by atoms with van der Waals surface area (Å²) in [5.41, 5.74) is 2.75. The van der Waals surface area contributed by atoms with Crippen LogP contribution in [0.4, 0.5) is 5.69 Å². The summed E-state index contributed by atoms with van der Waals surface area (Å²) < 4.78 is 10.5. The lowest BCUT2D eigenvalue weighted by Crippen LogP contribution is -2.16. The molecule has 2 aromatic rings. The van der Waals surface area contributed by atoms with E-state index in [4.69, 9.17) is 9.47 Å². The van der Waals surface area contributed by atoms with Crippen LogP contribution in [0.3, 0.4) is 0 Å². The van der Waals surface area contributed by atoms with Gasteiger partial charge in [-0.25, -0.2) is 4.79 Å². The lowest BCUT2D eigenvalue weighted by Gasteiger charge is -2.15. The number of aromatic carboxylic acids is 1. The Kier molecular flexibility index (Phi) is 5.64. The number of benzene rings is 2. The van der Waals surface area contributed by atoms with E-state index < -0.39 is 11.9 Å². The summed E-state index contributed by atoms with van der Waals surface area (Å²) in [6.45, 7) is 4.00. The normalized spacial score (nSPS) is 10.2. The first-order valence-corrected chi connectivity index (χ1v) is 7.82. The maximum absolute atomic E-state index is 12.7. The Labute approximate surface area is 146 Å². The molecule has 1 amide bonds. The third-order valence-electron chi connectivity index (χ3n) is 3.98. The van der Waals surface area contributed by atoms with Crippen LogP contribution in [0.2, 0.25) is 0 Å². The van der Waals surface area contributed by atoms with E-state index in [1.165, 1.54) is 32.4 Å². The summed E-state index contributed by atoms with van der Waals surface area (Å²) in [4.78, 5) is 24.0. The van der Waals surface area contributed by atoms with Gasteiger partial charge in [0.15, 0.2) is 0 Å². The van der Waals surface area contributed by atoms with Crippen LogP contribution >= 0.6 is 0 Å². The number of carboxylic acids is 1. The second kappa shape index (κ2) is 7.70. The van der Waals surface area contributed by atoms with Crippen LogP contribution in [0.25, 0.3) is 0 Å². The van der Waals surface area contributed by atoms with E-state index >= 15 is 0 Å². The number of methoxy groups -OCH3 is 2. The smallest absolute Gasteiger partial charge is 0.339 e. The van der Waals surface area contributed by atoms with Gasteiger partial charge >= 0.3 is 5.97 Å². The number of aryl methyl sites for hydroxylation is 2. The van der Waals surface area contributed by atoms with Crippen LogP contribution in [0.5, 0.6) is 11.5 Å². The van der Waals surface area contributed by atoms with Crippen molar-refractivity contribution < 1.29 is 24.2 Å². The minimum absolute atomic E-state index is 0.0216. The number of ether oxygens (including phenoxy) is 2. The Bertz CT molecular complexity index is 814. The van der Waals surface area contributed by atoms with Crippen molar-refractivity contribution >= 4 is 17.6 Å². The molecule has 0 heterocycles. The van der Waals surface area contributed by atoms with Crippen molar-refractivity contribution in [2.24, 2.45) is 0 Å². The average molecular weight is 343 g/mol. The molecule has 0 aliphatic carbocycles. The van der Waals surface area contributed by atoms with Crippen molar-refractivity contribution in [1.29, 1.82) is 0 Å². The largest absolute Gasteiger partial charge is 0.495 e. The fourth-order valence-corrected chi connectivity index (χ4v) is 2.67. The molecule has 0 bridgehead atoms. The highest BCUT2D eigenvalue weighted by Gasteiger charge is 2.20. The highest BCUT2D eigenvalue weighted by atomic mass is 16.5. The molecule has 0 spiro atoms. The van der Waals surface area contributed by atoms with Gasteiger partial charge in [-0.05, 0) is 48.7 Å². The van der Waals surface area contributed by atoms with Gasteiger partial charge in [-0.1, -0.05) is 13.0 Å². The molecule has 0 saturated heterocycles. The predicted octanol–water partition coefficient (Wildman–Crippen LogP) is 3.53. The highest BCUT2D eigenvalue weighted by Crippen LogP contribution is 2.31. The fraction of sp³-hybridized carbons (Fsp3) is 0.263. The van der Waals surface area contributed by atoms with E-state index in [1.54, 1.807) is 0 Å². The lowest BCUT2D eigenvalue weighted by molar-refractivity contribution is 0.0693. The molecule has 0 unspecified atom stereocenters. The second-order valence-corrected chi connectivity index (χ2v) is 5.48. The molecular formula is C19H21NO5. The minimum atomic E-state index is -1.16. The number of amides is 1. The van der Waals surface area contributed by atoms with Crippen molar-refractivity contribution in [2.45, 2.75) is 20.3 Å². The zero-order valence-electron chi connectivity index (χ0n) is 14.7. The molecule has 132 valence electrons. The summed E-state index contributed by atoms with van der Waals surface area (Å²) in [6, 6.07) is 8.13. The Hall–Kier alpha value is -3.02. The highest BCUT2D eigenvalue weighted by molar-refractivity contribution is 6.09. The van der Waals surface area contributed by atoms with E-state index in [9.17, 15) is 14.7 Å². The number of para-hydroxylation sites is 1. The molecule has 0 aromatic heterocycles. The number of anilines is 1. The van der Waals surface area contributed by atoms with Crippen LogP contribution in [-0.2, 0) is 6.42 Å². The van der Waals surface area contributed by atoms with E-state index in [-0.39, 0.29) is 16.9 Å². The van der Waals surface area contributed by atoms with Gasteiger partial charge in [0.1, 0.15) is 17.1 Å². The van der Waals surface area contributed by atoms with Crippen molar-refractivity contribution in [3.05, 3.63) is 52.6 Å². The third-order valence-corrected chi connectivity index (χ3v) is 3.98. The quantitative estimate of drug-likeness (QED) is 0.838. The molecule has 0 saturated carbocycles. The predicted molar refractivity (Wildman–Crippen MR) is 95.0 cm³/mol. The molecule has 25 heavy (non-hydrogen) atoms. The monoisotopic (exact) mass is 343 g/mol. The number of rotatable bonds is 6. The molecule has 0 atom stereocenters. The van der Waals surface area contributed by atoms with Gasteiger partial charge in [-0.3, -0.25) is 4.79 Å². The zero-order chi connectivity index (χ0) is 18.6. The maximum Gasteiger partial charge on any atom is 0.339 e. The number of carbonyl (C=O) groups excluding carboxylic acids is 1. The van der Waals surface area contributed by atoms with Gasteiger partial charge in [0.2, 0.25) is 0 Å². The van der Waals surface area contributed by atoms with Gasteiger partial charge in [-0.2, -0.15) is 0 Å². The number of carboxylic acid groups (broad SMARTS) is 1. The van der Waals surface area contributed by atoms with Crippen LogP contribution in [-0.4, -0.2) is 31.2 Å². The van der Waals surface area contributed by atoms with Crippen molar-refractivity contribution in [3.8, 4) is 11.5 Å². The molecule has 0 fully saturated rings. The van der Waals surface area contributed by atoms with Crippen LogP contribution in [0, 0.1) is 6.92 Å². The Morgan fingerprint density at radius 3 is 2.36 bits per heavy atom. The van der Waals surface area contributed by atoms with E-state index in [0.717, 1.165) is 17.5 Å². The molecule has 6 heteroatoms. The van der Waals surface area contributed by atoms with Gasteiger partial charge in [0.05, 0.1) is 25.5 Å². The van der Waals surface area contributed by atoms with Gasteiger partial charge in [0, 0.05) is 0 Å². The Morgan fingerprint density at radius 1 is 1.12 bits per heavy atom. The first-order valence-electron chi connectivity index (χ1n) is 7.82. The van der Waals surface area contributed by atoms with Crippen molar-refractivity contribution in [1.82, 2.24) is 0 Å². The Morgan fingerprint density at radius 2 is 1.80 bits per heavy atom. The summed E-state index contributed by atoms with van der Waals surface area (Å²) in [5.74, 6) is -1.06. The number of hydrogen-bond acceptors (Lipinski definition) is 4. The molecule has 2 rings (SSSR count). The maximum atomic E-state index is 12.7. The van der Waals surface area contributed by atoms with Crippen LogP contribution < -0.4 is 14.8 Å². The third kappa shape index (κ3) is 3.74. The molecule has 2 aromatic carbocycles. The first kappa shape index (κ1) is 18.3. The first-order chi connectivity index (χ1) is 11.9. The standard InChI is InChI=1S/C19H21NO5/c1-5-12-10-16(24-3)15(9-11(12)2)20-18(21)13-7-6-8-14(19(22)23)17(13)25-4/h6-10H,5H2,1-4H3,(H,20,21)(H,22,23). The number of nitrogens with one attached hydrogen (secondary N) is 1. The van der Waals surface area contributed by atoms with Gasteiger partial charge < -0.3 is 19.9 Å².